The first-order valence-corrected chi connectivity index (χ1v) is 10.7. The van der Waals surface area contributed by atoms with E-state index in [1.54, 1.807) is 6.07 Å². The molecular formula is C23H17ClF7N3O. The second-order valence-electron chi connectivity index (χ2n) is 8.25. The lowest BCUT2D eigenvalue weighted by Gasteiger charge is -2.20. The molecule has 1 saturated carbocycles. The number of nitrogens with zero attached hydrogens (tertiary/aromatic N) is 2. The quantitative estimate of drug-likeness (QED) is 0.369. The van der Waals surface area contributed by atoms with E-state index in [2.05, 4.69) is 10.4 Å². The maximum absolute atomic E-state index is 13.8. The number of amides is 1. The number of benzene rings is 2. The molecule has 1 aliphatic rings. The Morgan fingerprint density at radius 2 is 1.80 bits per heavy atom. The molecule has 2 aromatic carbocycles. The minimum absolute atomic E-state index is 0.0815. The Morgan fingerprint density at radius 1 is 1.11 bits per heavy atom. The van der Waals surface area contributed by atoms with Crippen LogP contribution in [0.4, 0.5) is 30.7 Å². The molecule has 1 aromatic heterocycles. The third-order valence-electron chi connectivity index (χ3n) is 5.48. The minimum atomic E-state index is -5.35. The second kappa shape index (κ2) is 8.85. The van der Waals surface area contributed by atoms with Crippen molar-refractivity contribution in [3.63, 3.8) is 0 Å². The third kappa shape index (κ3) is 5.29. The molecule has 1 amide bonds. The van der Waals surface area contributed by atoms with Crippen LogP contribution in [-0.2, 0) is 6.18 Å². The van der Waals surface area contributed by atoms with E-state index in [-0.39, 0.29) is 34.2 Å². The summed E-state index contributed by atoms with van der Waals surface area (Å²) >= 11 is 6.13. The van der Waals surface area contributed by atoms with E-state index in [4.69, 9.17) is 11.6 Å². The van der Waals surface area contributed by atoms with Crippen molar-refractivity contribution in [3.8, 4) is 16.8 Å². The summed E-state index contributed by atoms with van der Waals surface area (Å²) in [4.78, 5) is 12.4. The van der Waals surface area contributed by atoms with Crippen molar-refractivity contribution in [1.29, 1.82) is 0 Å². The molecule has 0 bridgehead atoms. The Morgan fingerprint density at radius 3 is 2.40 bits per heavy atom. The van der Waals surface area contributed by atoms with Gasteiger partial charge in [-0.25, -0.2) is 9.07 Å². The van der Waals surface area contributed by atoms with Gasteiger partial charge in [0.15, 0.2) is 0 Å². The average molecular weight is 520 g/mol. The molecule has 1 atom stereocenters. The molecule has 1 fully saturated rings. The number of carbonyl (C=O) groups excluding carboxylic acids is 1. The van der Waals surface area contributed by atoms with Crippen molar-refractivity contribution in [3.05, 3.63) is 70.0 Å². The Hall–Kier alpha value is -3.08. The lowest BCUT2D eigenvalue weighted by atomic mass is 9.99. The van der Waals surface area contributed by atoms with Gasteiger partial charge in [0.05, 0.1) is 28.0 Å². The van der Waals surface area contributed by atoms with Crippen LogP contribution in [0, 0.1) is 6.92 Å². The molecule has 0 radical (unpaired) electrons. The van der Waals surface area contributed by atoms with Gasteiger partial charge in [-0.3, -0.25) is 4.79 Å². The summed E-state index contributed by atoms with van der Waals surface area (Å²) in [6.45, 7) is 1.14. The van der Waals surface area contributed by atoms with Crippen molar-refractivity contribution >= 4 is 17.5 Å². The van der Waals surface area contributed by atoms with Crippen LogP contribution in [-0.4, -0.2) is 27.9 Å². The maximum atomic E-state index is 13.8. The van der Waals surface area contributed by atoms with Gasteiger partial charge in [0.25, 0.3) is 5.91 Å². The van der Waals surface area contributed by atoms with E-state index in [1.165, 1.54) is 24.5 Å². The molecule has 4 nitrogen and oxygen atoms in total. The standard InChI is InChI=1S/C23H17ClF7N3O/c1-11-6-13(20(25)23(29,30)31)8-17(22(26,27)28)19(11)34-10-14(9-32-34)12-2-5-18(24)16(7-12)21(35)33-15-3-4-15/h2,5-10,15,20H,3-4H2,1H3,(H,33,35). The van der Waals surface area contributed by atoms with Gasteiger partial charge >= 0.3 is 12.4 Å². The lowest BCUT2D eigenvalue weighted by molar-refractivity contribution is -0.183. The van der Waals surface area contributed by atoms with Gasteiger partial charge < -0.3 is 5.32 Å². The summed E-state index contributed by atoms with van der Waals surface area (Å²) < 4.78 is 94.4. The van der Waals surface area contributed by atoms with Crippen molar-refractivity contribution in [2.24, 2.45) is 0 Å². The molecule has 1 unspecified atom stereocenters. The number of hydrogen-bond donors (Lipinski definition) is 1. The molecular weight excluding hydrogens is 503 g/mol. The molecule has 1 N–H and O–H groups in total. The first-order valence-electron chi connectivity index (χ1n) is 10.3. The van der Waals surface area contributed by atoms with Gasteiger partial charge in [-0.1, -0.05) is 23.7 Å². The molecule has 0 saturated heterocycles. The zero-order chi connectivity index (χ0) is 25.7. The maximum Gasteiger partial charge on any atom is 0.423 e. The topological polar surface area (TPSA) is 46.9 Å². The highest BCUT2D eigenvalue weighted by atomic mass is 35.5. The van der Waals surface area contributed by atoms with Crippen LogP contribution in [0.5, 0.6) is 0 Å². The van der Waals surface area contributed by atoms with Crippen LogP contribution in [0.2, 0.25) is 5.02 Å². The molecule has 1 aliphatic carbocycles. The van der Waals surface area contributed by atoms with Gasteiger partial charge in [0.2, 0.25) is 6.17 Å². The van der Waals surface area contributed by atoms with E-state index in [1.807, 2.05) is 0 Å². The second-order valence-corrected chi connectivity index (χ2v) is 8.66. The third-order valence-corrected chi connectivity index (χ3v) is 5.81. The lowest BCUT2D eigenvalue weighted by Crippen LogP contribution is -2.25. The van der Waals surface area contributed by atoms with E-state index in [0.29, 0.717) is 17.2 Å². The Bertz CT molecular complexity index is 1280. The van der Waals surface area contributed by atoms with Crippen molar-refractivity contribution < 1.29 is 35.5 Å². The fourth-order valence-electron chi connectivity index (χ4n) is 3.63. The van der Waals surface area contributed by atoms with Crippen molar-refractivity contribution in [2.45, 2.75) is 44.3 Å². The van der Waals surface area contributed by atoms with Crippen LogP contribution >= 0.6 is 11.6 Å². The van der Waals surface area contributed by atoms with E-state index >= 15 is 0 Å². The van der Waals surface area contributed by atoms with Crippen LogP contribution in [0.1, 0.15) is 46.1 Å². The number of hydrogen-bond acceptors (Lipinski definition) is 2. The Labute approximate surface area is 199 Å². The first kappa shape index (κ1) is 25.0. The van der Waals surface area contributed by atoms with Crippen LogP contribution < -0.4 is 5.32 Å². The fraction of sp³-hybridized carbons (Fsp3) is 0.304. The highest BCUT2D eigenvalue weighted by Crippen LogP contribution is 2.42. The van der Waals surface area contributed by atoms with Gasteiger partial charge in [-0.05, 0) is 54.7 Å². The SMILES string of the molecule is Cc1cc(C(F)C(F)(F)F)cc(C(F)(F)F)c1-n1cc(-c2ccc(Cl)c(C(=O)NC3CC3)c2)cn1. The van der Waals surface area contributed by atoms with E-state index in [9.17, 15) is 35.5 Å². The van der Waals surface area contributed by atoms with Crippen LogP contribution in [0.3, 0.4) is 0 Å². The zero-order valence-corrected chi connectivity index (χ0v) is 18.7. The molecule has 4 rings (SSSR count). The normalized spacial score (nSPS) is 15.2. The predicted molar refractivity (Wildman–Crippen MR) is 114 cm³/mol. The highest BCUT2D eigenvalue weighted by Gasteiger charge is 2.43. The number of alkyl halides is 7. The molecule has 0 aliphatic heterocycles. The molecule has 12 heteroatoms. The number of rotatable bonds is 5. The van der Waals surface area contributed by atoms with Gasteiger partial charge in [-0.15, -0.1) is 0 Å². The summed E-state index contributed by atoms with van der Waals surface area (Å²) in [5.74, 6) is -0.386. The monoisotopic (exact) mass is 519 g/mol. The molecule has 1 heterocycles. The summed E-state index contributed by atoms with van der Waals surface area (Å²) in [5, 5.41) is 6.93. The minimum Gasteiger partial charge on any atom is -0.349 e. The van der Waals surface area contributed by atoms with Crippen LogP contribution in [0.15, 0.2) is 42.7 Å². The van der Waals surface area contributed by atoms with Gasteiger partial charge in [-0.2, -0.15) is 31.4 Å². The molecule has 0 spiro atoms. The summed E-state index contributed by atoms with van der Waals surface area (Å²) in [6, 6.07) is 5.43. The van der Waals surface area contributed by atoms with E-state index in [0.717, 1.165) is 24.4 Å². The smallest absolute Gasteiger partial charge is 0.349 e. The van der Waals surface area contributed by atoms with Crippen molar-refractivity contribution in [2.75, 3.05) is 0 Å². The summed E-state index contributed by atoms with van der Waals surface area (Å²) in [7, 11) is 0. The Balaban J connectivity index is 1.75. The van der Waals surface area contributed by atoms with Gasteiger partial charge in [0.1, 0.15) is 0 Å². The molecule has 3 aromatic rings. The fourth-order valence-corrected chi connectivity index (χ4v) is 3.83. The number of nitrogens with one attached hydrogen (secondary N) is 1. The van der Waals surface area contributed by atoms with E-state index < -0.39 is 35.3 Å². The summed E-state index contributed by atoms with van der Waals surface area (Å²) in [5.41, 5.74) is -2.46. The van der Waals surface area contributed by atoms with Gasteiger partial charge in [0, 0.05) is 17.8 Å². The number of halogens is 8. The predicted octanol–water partition coefficient (Wildman–Crippen LogP) is 6.99. The van der Waals surface area contributed by atoms with Crippen molar-refractivity contribution in [1.82, 2.24) is 15.1 Å². The largest absolute Gasteiger partial charge is 0.423 e. The molecule has 186 valence electrons. The average Bonchev–Trinajstić information content (AvgIpc) is 3.44. The summed E-state index contributed by atoms with van der Waals surface area (Å²) in [6.07, 6.45) is -9.80. The molecule has 35 heavy (non-hydrogen) atoms. The number of carbonyl (C=O) groups is 1. The Kier molecular flexibility index (Phi) is 6.33. The zero-order valence-electron chi connectivity index (χ0n) is 17.9. The first-order chi connectivity index (χ1) is 16.3. The van der Waals surface area contributed by atoms with Crippen LogP contribution in [0.25, 0.3) is 16.8 Å². The number of aryl methyl sites for hydroxylation is 1. The highest BCUT2D eigenvalue weighted by molar-refractivity contribution is 6.34. The number of aromatic nitrogens is 2.